The normalized spacial score (nSPS) is 14.3. The predicted molar refractivity (Wildman–Crippen MR) is 68.2 cm³/mol. The largest absolute Gasteiger partial charge is 0.345 e. The second-order valence-corrected chi connectivity index (χ2v) is 4.88. The van der Waals surface area contributed by atoms with Crippen molar-refractivity contribution in [3.63, 3.8) is 0 Å². The van der Waals surface area contributed by atoms with Crippen molar-refractivity contribution in [1.29, 1.82) is 0 Å². The van der Waals surface area contributed by atoms with Crippen LogP contribution in [0, 0.1) is 5.92 Å². The molecule has 0 spiro atoms. The summed E-state index contributed by atoms with van der Waals surface area (Å²) in [5, 5.41) is 0. The third kappa shape index (κ3) is 3.65. The number of nitrogens with zero attached hydrogens (tertiary/aromatic N) is 2. The monoisotopic (exact) mass is 246 g/mol. The quantitative estimate of drug-likeness (QED) is 0.720. The molecule has 0 aliphatic heterocycles. The van der Waals surface area contributed by atoms with Crippen molar-refractivity contribution in [1.82, 2.24) is 9.88 Å². The van der Waals surface area contributed by atoms with Crippen molar-refractivity contribution in [2.75, 3.05) is 13.6 Å². The van der Waals surface area contributed by atoms with Crippen LogP contribution in [0.4, 0.5) is 0 Å². The molecule has 0 bridgehead atoms. The number of carbonyl (C=O) groups excluding carboxylic acids is 2. The Hall–Kier alpha value is -1.71. The van der Waals surface area contributed by atoms with E-state index in [9.17, 15) is 9.59 Å². The third-order valence-corrected chi connectivity index (χ3v) is 3.22. The number of amides is 1. The molecule has 2 rings (SSSR count). The molecule has 4 nitrogen and oxygen atoms in total. The third-order valence-electron chi connectivity index (χ3n) is 3.22. The van der Waals surface area contributed by atoms with Crippen LogP contribution < -0.4 is 0 Å². The number of Topliss-reactive ketones (excluding diaryl/α,β-unsaturated/α-hetero) is 1. The maximum absolute atomic E-state index is 11.8. The van der Waals surface area contributed by atoms with Gasteiger partial charge in [-0.3, -0.25) is 14.6 Å². The molecule has 1 aromatic rings. The molecule has 96 valence electrons. The Morgan fingerprint density at radius 3 is 2.56 bits per heavy atom. The minimum absolute atomic E-state index is 0.00516. The fourth-order valence-electron chi connectivity index (χ4n) is 1.88. The lowest BCUT2D eigenvalue weighted by Crippen LogP contribution is -2.28. The van der Waals surface area contributed by atoms with Crippen molar-refractivity contribution >= 4 is 11.7 Å². The van der Waals surface area contributed by atoms with Gasteiger partial charge in [-0.25, -0.2) is 0 Å². The molecule has 0 N–H and O–H groups in total. The van der Waals surface area contributed by atoms with Gasteiger partial charge in [0.15, 0.2) is 5.78 Å². The van der Waals surface area contributed by atoms with Gasteiger partial charge in [0, 0.05) is 44.4 Å². The number of carbonyl (C=O) groups is 2. The zero-order valence-corrected chi connectivity index (χ0v) is 10.6. The minimum Gasteiger partial charge on any atom is -0.345 e. The van der Waals surface area contributed by atoms with Gasteiger partial charge in [-0.1, -0.05) is 0 Å². The molecule has 0 radical (unpaired) electrons. The lowest BCUT2D eigenvalue weighted by molar-refractivity contribution is -0.130. The maximum Gasteiger partial charge on any atom is 0.222 e. The molecule has 0 saturated heterocycles. The molecule has 0 aromatic carbocycles. The van der Waals surface area contributed by atoms with Gasteiger partial charge in [0.2, 0.25) is 5.91 Å². The number of hydrogen-bond donors (Lipinski definition) is 0. The van der Waals surface area contributed by atoms with Crippen LogP contribution in [0.5, 0.6) is 0 Å². The van der Waals surface area contributed by atoms with Gasteiger partial charge < -0.3 is 4.90 Å². The number of aromatic nitrogens is 1. The molecule has 1 aromatic heterocycles. The van der Waals surface area contributed by atoms with Crippen LogP contribution in [-0.2, 0) is 4.79 Å². The van der Waals surface area contributed by atoms with Crippen molar-refractivity contribution < 1.29 is 9.59 Å². The lowest BCUT2D eigenvalue weighted by atomic mass is 10.1. The highest BCUT2D eigenvalue weighted by Gasteiger charge is 2.24. The number of ketones is 1. The van der Waals surface area contributed by atoms with Gasteiger partial charge in [0.05, 0.1) is 0 Å². The molecule has 18 heavy (non-hydrogen) atoms. The number of hydrogen-bond acceptors (Lipinski definition) is 3. The van der Waals surface area contributed by atoms with Gasteiger partial charge in [0.1, 0.15) is 0 Å². The van der Waals surface area contributed by atoms with Crippen molar-refractivity contribution in [2.45, 2.75) is 25.7 Å². The van der Waals surface area contributed by atoms with Crippen LogP contribution in [0.15, 0.2) is 24.5 Å². The van der Waals surface area contributed by atoms with E-state index in [4.69, 9.17) is 0 Å². The van der Waals surface area contributed by atoms with E-state index in [0.29, 0.717) is 17.9 Å². The van der Waals surface area contributed by atoms with E-state index in [1.807, 2.05) is 7.05 Å². The maximum atomic E-state index is 11.8. The van der Waals surface area contributed by atoms with E-state index in [-0.39, 0.29) is 18.1 Å². The second kappa shape index (κ2) is 5.76. The average molecular weight is 246 g/mol. The van der Waals surface area contributed by atoms with Gasteiger partial charge in [-0.15, -0.1) is 0 Å². The summed E-state index contributed by atoms with van der Waals surface area (Å²) < 4.78 is 0. The van der Waals surface area contributed by atoms with E-state index in [0.717, 1.165) is 6.54 Å². The molecule has 1 saturated carbocycles. The minimum atomic E-state index is 0.00516. The molecule has 0 unspecified atom stereocenters. The van der Waals surface area contributed by atoms with Crippen molar-refractivity contribution in [3.05, 3.63) is 30.1 Å². The molecule has 1 aliphatic carbocycles. The molecular weight excluding hydrogens is 228 g/mol. The Bertz CT molecular complexity index is 427. The lowest BCUT2D eigenvalue weighted by Gasteiger charge is -2.16. The van der Waals surface area contributed by atoms with Gasteiger partial charge in [-0.05, 0) is 30.9 Å². The number of pyridine rings is 1. The van der Waals surface area contributed by atoms with Crippen molar-refractivity contribution in [2.24, 2.45) is 5.92 Å². The molecule has 4 heteroatoms. The standard InChI is InChI=1S/C14H18N2O2/c1-16(10-11-2-3-11)14(18)5-4-13(17)12-6-8-15-9-7-12/h6-9,11H,2-5,10H2,1H3. The number of rotatable bonds is 6. The Morgan fingerprint density at radius 2 is 1.94 bits per heavy atom. The van der Waals surface area contributed by atoms with E-state index in [2.05, 4.69) is 4.98 Å². The van der Waals surface area contributed by atoms with Gasteiger partial charge in [-0.2, -0.15) is 0 Å². The van der Waals surface area contributed by atoms with Gasteiger partial charge in [0.25, 0.3) is 0 Å². The first-order valence-corrected chi connectivity index (χ1v) is 6.34. The van der Waals surface area contributed by atoms with Crippen LogP contribution >= 0.6 is 0 Å². The van der Waals surface area contributed by atoms with Crippen molar-refractivity contribution in [3.8, 4) is 0 Å². The summed E-state index contributed by atoms with van der Waals surface area (Å²) in [5.41, 5.74) is 0.627. The first-order valence-electron chi connectivity index (χ1n) is 6.34. The summed E-state index contributed by atoms with van der Waals surface area (Å²) in [7, 11) is 1.82. The fourth-order valence-corrected chi connectivity index (χ4v) is 1.88. The van der Waals surface area contributed by atoms with Crippen LogP contribution in [0.2, 0.25) is 0 Å². The van der Waals surface area contributed by atoms with E-state index < -0.39 is 0 Å². The predicted octanol–water partition coefficient (Wildman–Crippen LogP) is 1.91. The summed E-state index contributed by atoms with van der Waals surface area (Å²) >= 11 is 0. The summed E-state index contributed by atoms with van der Waals surface area (Å²) in [5.74, 6) is 0.754. The van der Waals surface area contributed by atoms with Crippen LogP contribution in [-0.4, -0.2) is 35.2 Å². The topological polar surface area (TPSA) is 50.3 Å². The summed E-state index contributed by atoms with van der Waals surface area (Å²) in [6.45, 7) is 0.836. The zero-order chi connectivity index (χ0) is 13.0. The highest BCUT2D eigenvalue weighted by atomic mass is 16.2. The zero-order valence-electron chi connectivity index (χ0n) is 10.6. The first-order chi connectivity index (χ1) is 8.66. The summed E-state index contributed by atoms with van der Waals surface area (Å²) in [6, 6.07) is 3.36. The van der Waals surface area contributed by atoms with Crippen LogP contribution in [0.3, 0.4) is 0 Å². The molecule has 1 aliphatic rings. The smallest absolute Gasteiger partial charge is 0.222 e. The molecule has 0 atom stereocenters. The Labute approximate surface area is 107 Å². The van der Waals surface area contributed by atoms with Gasteiger partial charge >= 0.3 is 0 Å². The van der Waals surface area contributed by atoms with E-state index in [1.165, 1.54) is 12.8 Å². The van der Waals surface area contributed by atoms with Crippen LogP contribution in [0.1, 0.15) is 36.0 Å². The SMILES string of the molecule is CN(CC1CC1)C(=O)CCC(=O)c1ccncc1. The Morgan fingerprint density at radius 1 is 1.28 bits per heavy atom. The van der Waals surface area contributed by atoms with Crippen LogP contribution in [0.25, 0.3) is 0 Å². The molecule has 1 heterocycles. The second-order valence-electron chi connectivity index (χ2n) is 4.88. The fraction of sp³-hybridized carbons (Fsp3) is 0.500. The van der Waals surface area contributed by atoms with E-state index in [1.54, 1.807) is 29.4 Å². The highest BCUT2D eigenvalue weighted by Crippen LogP contribution is 2.29. The van der Waals surface area contributed by atoms with E-state index >= 15 is 0 Å². The highest BCUT2D eigenvalue weighted by molar-refractivity contribution is 5.97. The Balaban J connectivity index is 1.76. The molecule has 1 fully saturated rings. The molecule has 1 amide bonds. The summed E-state index contributed by atoms with van der Waals surface area (Å²) in [4.78, 5) is 29.2. The molecular formula is C14H18N2O2. The first kappa shape index (κ1) is 12.7. The Kier molecular flexibility index (Phi) is 4.07. The summed E-state index contributed by atoms with van der Waals surface area (Å²) in [6.07, 6.45) is 6.21. The average Bonchev–Trinajstić information content (AvgIpc) is 3.20.